The molecule has 30 heavy (non-hydrogen) atoms. The van der Waals surface area contributed by atoms with Crippen LogP contribution in [0.4, 0.5) is 0 Å². The zero-order valence-corrected chi connectivity index (χ0v) is 17.9. The second kappa shape index (κ2) is 9.29. The number of ether oxygens (including phenoxy) is 1. The molecule has 2 N–H and O–H groups in total. The minimum absolute atomic E-state index is 0.175. The lowest BCUT2D eigenvalue weighted by molar-refractivity contribution is -0.144. The van der Waals surface area contributed by atoms with Gasteiger partial charge in [0.1, 0.15) is 5.75 Å². The molecule has 2 aromatic rings. The van der Waals surface area contributed by atoms with Crippen LogP contribution in [0.15, 0.2) is 53.4 Å². The summed E-state index contributed by atoms with van der Waals surface area (Å²) >= 11 is 12.1. The molecule has 2 aromatic carbocycles. The summed E-state index contributed by atoms with van der Waals surface area (Å²) in [4.78, 5) is 36.3. The van der Waals surface area contributed by atoms with E-state index in [0.29, 0.717) is 21.2 Å². The van der Waals surface area contributed by atoms with Crippen molar-refractivity contribution in [1.82, 2.24) is 10.4 Å². The molecule has 0 saturated carbocycles. The van der Waals surface area contributed by atoms with Crippen molar-refractivity contribution in [2.24, 2.45) is 0 Å². The van der Waals surface area contributed by atoms with E-state index >= 15 is 0 Å². The van der Waals surface area contributed by atoms with Crippen LogP contribution < -0.4 is 10.2 Å². The monoisotopic (exact) mass is 462 g/mol. The highest BCUT2D eigenvalue weighted by atomic mass is 35.5. The summed E-state index contributed by atoms with van der Waals surface area (Å²) in [5.74, 6) is -1.74. The Hall–Kier alpha value is -2.88. The number of benzene rings is 2. The number of hydrogen-bond donors (Lipinski definition) is 2. The van der Waals surface area contributed by atoms with Gasteiger partial charge in [0.05, 0.1) is 4.91 Å². The van der Waals surface area contributed by atoms with Crippen LogP contribution >= 0.6 is 35.6 Å². The van der Waals surface area contributed by atoms with E-state index in [4.69, 9.17) is 33.7 Å². The highest BCUT2D eigenvalue weighted by Crippen LogP contribution is 2.32. The van der Waals surface area contributed by atoms with E-state index in [1.54, 1.807) is 48.5 Å². The molecule has 10 heteroatoms. The maximum Gasteiger partial charge on any atom is 0.344 e. The van der Waals surface area contributed by atoms with E-state index in [2.05, 4.69) is 5.43 Å². The normalized spacial score (nSPS) is 15.9. The maximum atomic E-state index is 12.7. The van der Waals surface area contributed by atoms with Gasteiger partial charge >= 0.3 is 5.97 Å². The fourth-order valence-electron chi connectivity index (χ4n) is 2.44. The molecule has 0 radical (unpaired) electrons. The van der Waals surface area contributed by atoms with Gasteiger partial charge in [0.15, 0.2) is 10.4 Å². The van der Waals surface area contributed by atoms with Crippen LogP contribution in [0.5, 0.6) is 5.75 Å². The second-order valence-corrected chi connectivity index (χ2v) is 8.25. The number of carbonyl (C=O) groups excluding carboxylic acids is 2. The quantitative estimate of drug-likeness (QED) is 0.498. The lowest BCUT2D eigenvalue weighted by Gasteiger charge is -2.15. The van der Waals surface area contributed by atoms with Crippen LogP contribution in [0.1, 0.15) is 22.8 Å². The average molecular weight is 463 g/mol. The van der Waals surface area contributed by atoms with Gasteiger partial charge in [-0.25, -0.2) is 4.79 Å². The Bertz CT molecular complexity index is 1070. The summed E-state index contributed by atoms with van der Waals surface area (Å²) in [5.41, 5.74) is 3.39. The Balaban J connectivity index is 1.75. The van der Waals surface area contributed by atoms with Gasteiger partial charge in [-0.2, -0.15) is 5.01 Å². The Morgan fingerprint density at radius 2 is 2.00 bits per heavy atom. The minimum Gasteiger partial charge on any atom is -0.479 e. The average Bonchev–Trinajstić information content (AvgIpc) is 2.95. The first-order valence-corrected chi connectivity index (χ1v) is 10.2. The van der Waals surface area contributed by atoms with Crippen molar-refractivity contribution >= 4 is 63.8 Å². The van der Waals surface area contributed by atoms with Crippen molar-refractivity contribution in [2.45, 2.75) is 13.0 Å². The Morgan fingerprint density at radius 1 is 1.27 bits per heavy atom. The van der Waals surface area contributed by atoms with E-state index < -0.39 is 23.9 Å². The Labute approximate surface area is 186 Å². The number of nitrogens with one attached hydrogen (secondary N) is 1. The van der Waals surface area contributed by atoms with Crippen molar-refractivity contribution in [2.75, 3.05) is 0 Å². The number of halogens is 1. The molecule has 1 fully saturated rings. The molecule has 1 aliphatic heterocycles. The van der Waals surface area contributed by atoms with Crippen molar-refractivity contribution in [3.05, 3.63) is 69.6 Å². The largest absolute Gasteiger partial charge is 0.479 e. The molecular weight excluding hydrogens is 448 g/mol. The second-order valence-electron chi connectivity index (χ2n) is 6.14. The van der Waals surface area contributed by atoms with E-state index in [1.807, 2.05) is 0 Å². The molecule has 1 unspecified atom stereocenters. The molecule has 0 bridgehead atoms. The topological polar surface area (TPSA) is 95.9 Å². The van der Waals surface area contributed by atoms with Gasteiger partial charge in [-0.15, -0.1) is 0 Å². The number of amides is 2. The fraction of sp³-hybridized carbons (Fsp3) is 0.100. The molecule has 1 heterocycles. The number of rotatable bonds is 6. The summed E-state index contributed by atoms with van der Waals surface area (Å²) in [5, 5.41) is 10.4. The Morgan fingerprint density at radius 3 is 2.70 bits per heavy atom. The van der Waals surface area contributed by atoms with Crippen LogP contribution in [-0.2, 0) is 9.59 Å². The number of aliphatic carboxylic acids is 1. The van der Waals surface area contributed by atoms with Gasteiger partial charge in [0, 0.05) is 10.6 Å². The van der Waals surface area contributed by atoms with Gasteiger partial charge < -0.3 is 9.84 Å². The lowest BCUT2D eigenvalue weighted by Crippen LogP contribution is -2.44. The first-order chi connectivity index (χ1) is 14.2. The number of thiocarbonyl (C=S) groups is 1. The predicted molar refractivity (Wildman–Crippen MR) is 118 cm³/mol. The molecule has 1 aliphatic rings. The van der Waals surface area contributed by atoms with Gasteiger partial charge in [-0.1, -0.05) is 41.6 Å². The fourth-order valence-corrected chi connectivity index (χ4v) is 3.81. The molecule has 1 saturated heterocycles. The van der Waals surface area contributed by atoms with Crippen LogP contribution in [0.3, 0.4) is 0 Å². The highest BCUT2D eigenvalue weighted by molar-refractivity contribution is 8.26. The van der Waals surface area contributed by atoms with E-state index in [1.165, 1.54) is 13.0 Å². The van der Waals surface area contributed by atoms with E-state index in [-0.39, 0.29) is 9.88 Å². The van der Waals surface area contributed by atoms with Crippen molar-refractivity contribution in [1.29, 1.82) is 0 Å². The molecule has 0 spiro atoms. The molecule has 154 valence electrons. The standard InChI is InChI=1S/C20H15ClN2O5S2/c1-11(19(26)27)28-15-7-2-4-12(8-15)9-16-18(25)23(20(29)30-16)22-17(24)13-5-3-6-14(21)10-13/h2-11H,1H3,(H,22,24)(H,26,27)/b16-9+. The molecule has 2 amide bonds. The molecule has 7 nitrogen and oxygen atoms in total. The number of carbonyl (C=O) groups is 3. The third-order valence-corrected chi connectivity index (χ3v) is 5.45. The van der Waals surface area contributed by atoms with E-state index in [0.717, 1.165) is 16.8 Å². The van der Waals surface area contributed by atoms with Crippen molar-refractivity contribution in [3.63, 3.8) is 0 Å². The summed E-state index contributed by atoms with van der Waals surface area (Å²) < 4.78 is 5.51. The smallest absolute Gasteiger partial charge is 0.344 e. The Kier molecular flexibility index (Phi) is 6.76. The molecule has 1 atom stereocenters. The summed E-state index contributed by atoms with van der Waals surface area (Å²) in [6, 6.07) is 12.9. The first-order valence-electron chi connectivity index (χ1n) is 8.58. The minimum atomic E-state index is -1.09. The number of hydrazine groups is 1. The summed E-state index contributed by atoms with van der Waals surface area (Å²) in [6.07, 6.45) is 0.573. The predicted octanol–water partition coefficient (Wildman–Crippen LogP) is 3.74. The zero-order chi connectivity index (χ0) is 21.8. The SMILES string of the molecule is CC(Oc1cccc(/C=C2/SC(=S)N(NC(=O)c3cccc(Cl)c3)C2=O)c1)C(=O)O. The van der Waals surface area contributed by atoms with Crippen molar-refractivity contribution < 1.29 is 24.2 Å². The third kappa shape index (κ3) is 5.18. The van der Waals surface area contributed by atoms with Crippen LogP contribution in [0.2, 0.25) is 5.02 Å². The van der Waals surface area contributed by atoms with Crippen LogP contribution in [0.25, 0.3) is 6.08 Å². The number of carboxylic acid groups (broad SMARTS) is 1. The lowest BCUT2D eigenvalue weighted by atomic mass is 10.2. The van der Waals surface area contributed by atoms with Crippen LogP contribution in [-0.4, -0.2) is 38.3 Å². The van der Waals surface area contributed by atoms with Crippen molar-refractivity contribution in [3.8, 4) is 5.75 Å². The van der Waals surface area contributed by atoms with Gasteiger partial charge in [-0.3, -0.25) is 15.0 Å². The maximum absolute atomic E-state index is 12.7. The highest BCUT2D eigenvalue weighted by Gasteiger charge is 2.33. The summed E-state index contributed by atoms with van der Waals surface area (Å²) in [7, 11) is 0. The molecule has 3 rings (SSSR count). The van der Waals surface area contributed by atoms with Gasteiger partial charge in [0.2, 0.25) is 0 Å². The van der Waals surface area contributed by atoms with E-state index in [9.17, 15) is 14.4 Å². The summed E-state index contributed by atoms with van der Waals surface area (Å²) in [6.45, 7) is 1.42. The number of carboxylic acids is 1. The number of hydrogen-bond acceptors (Lipinski definition) is 6. The molecule has 0 aromatic heterocycles. The molecular formula is C20H15ClN2O5S2. The zero-order valence-electron chi connectivity index (χ0n) is 15.5. The number of thioether (sulfide) groups is 1. The van der Waals surface area contributed by atoms with Gasteiger partial charge in [0.25, 0.3) is 11.8 Å². The third-order valence-electron chi connectivity index (χ3n) is 3.91. The van der Waals surface area contributed by atoms with Gasteiger partial charge in [-0.05, 0) is 61.1 Å². The van der Waals surface area contributed by atoms with Crippen LogP contribution in [0, 0.1) is 0 Å². The number of nitrogens with zero attached hydrogens (tertiary/aromatic N) is 1. The first kappa shape index (κ1) is 21.8. The molecule has 0 aliphatic carbocycles.